The molecule has 0 bridgehead atoms. The summed E-state index contributed by atoms with van der Waals surface area (Å²) in [5, 5.41) is 11.8. The monoisotopic (exact) mass is 714 g/mol. The van der Waals surface area contributed by atoms with E-state index in [1.807, 2.05) is 6.07 Å². The smallest absolute Gasteiger partial charge is 0.137 e. The molecule has 4 heteroatoms. The van der Waals surface area contributed by atoms with Gasteiger partial charge < -0.3 is 18.0 Å². The highest BCUT2D eigenvalue weighted by atomic mass is 16.3. The van der Waals surface area contributed by atoms with Crippen molar-refractivity contribution in [2.45, 2.75) is 0 Å². The second-order valence-electron chi connectivity index (χ2n) is 14.9. The molecule has 4 nitrogen and oxygen atoms in total. The SMILES string of the molecule is c1ccc(-n2c3ccc(-c4ccc5c(c4)c4cc6c(cc4n5-c4ccccc4)oc4ccc5ccccc5c46)cc3c3cc4c(cc32)oc2ccccc24)cc1. The fraction of sp³-hybridized carbons (Fsp3) is 0. The molecule has 56 heavy (non-hydrogen) atoms. The highest BCUT2D eigenvalue weighted by molar-refractivity contribution is 6.24. The lowest BCUT2D eigenvalue weighted by atomic mass is 9.99. The molecule has 0 unspecified atom stereocenters. The zero-order valence-corrected chi connectivity index (χ0v) is 30.0. The first kappa shape index (κ1) is 29.8. The summed E-state index contributed by atoms with van der Waals surface area (Å²) in [6.45, 7) is 0. The molecule has 0 N–H and O–H groups in total. The first-order valence-corrected chi connectivity index (χ1v) is 19.1. The topological polar surface area (TPSA) is 36.1 Å². The summed E-state index contributed by atoms with van der Waals surface area (Å²) in [4.78, 5) is 0. The third-order valence-corrected chi connectivity index (χ3v) is 11.9. The van der Waals surface area contributed by atoms with Crippen molar-refractivity contribution >= 4 is 98.3 Å². The van der Waals surface area contributed by atoms with E-state index < -0.39 is 0 Å². The summed E-state index contributed by atoms with van der Waals surface area (Å²) in [5.41, 5.74) is 12.8. The lowest BCUT2D eigenvalue weighted by Crippen LogP contribution is -1.93. The fourth-order valence-corrected chi connectivity index (χ4v) is 9.37. The molecule has 0 fully saturated rings. The van der Waals surface area contributed by atoms with Gasteiger partial charge in [0.15, 0.2) is 0 Å². The van der Waals surface area contributed by atoms with Gasteiger partial charge in [0.05, 0.1) is 22.1 Å². The van der Waals surface area contributed by atoms with Crippen LogP contribution in [0.1, 0.15) is 0 Å². The molecule has 260 valence electrons. The van der Waals surface area contributed by atoms with Gasteiger partial charge in [-0.2, -0.15) is 0 Å². The molecular formula is C52H30N2O2. The summed E-state index contributed by atoms with van der Waals surface area (Å²) in [6, 6.07) is 65.4. The standard InChI is InChI=1S/C52H30N2O2/c1-3-12-34(13-4-1)53-44-22-19-32(25-38(44)40-27-42-37-17-9-10-18-48(37)55-50(42)29-46(40)53)33-20-23-45-39(26-33)41-28-43-51(30-47(41)54(45)35-14-5-2-6-15-35)56-49-24-21-31-11-7-8-16-36(31)52(43)49/h1-30H. The molecule has 4 aromatic heterocycles. The van der Waals surface area contributed by atoms with E-state index in [0.717, 1.165) is 77.3 Å². The third kappa shape index (κ3) is 4.07. The third-order valence-electron chi connectivity index (χ3n) is 11.9. The Bertz CT molecular complexity index is 3750. The van der Waals surface area contributed by atoms with E-state index in [0.29, 0.717) is 0 Å². The molecule has 0 saturated heterocycles. The Labute approximate surface area is 319 Å². The number of furan rings is 2. The van der Waals surface area contributed by atoms with Gasteiger partial charge in [-0.15, -0.1) is 0 Å². The van der Waals surface area contributed by atoms with Crippen LogP contribution >= 0.6 is 0 Å². The van der Waals surface area contributed by atoms with E-state index in [2.05, 4.69) is 185 Å². The molecule has 0 aliphatic rings. The van der Waals surface area contributed by atoms with E-state index in [1.165, 1.54) is 43.4 Å². The quantitative estimate of drug-likeness (QED) is 0.183. The Morgan fingerprint density at radius 1 is 0.286 bits per heavy atom. The van der Waals surface area contributed by atoms with Crippen LogP contribution in [0.2, 0.25) is 0 Å². The van der Waals surface area contributed by atoms with Crippen LogP contribution in [0.5, 0.6) is 0 Å². The van der Waals surface area contributed by atoms with Crippen LogP contribution in [0, 0.1) is 0 Å². The maximum Gasteiger partial charge on any atom is 0.137 e. The Hall–Kier alpha value is -7.56. The van der Waals surface area contributed by atoms with Crippen molar-refractivity contribution in [2.75, 3.05) is 0 Å². The first-order valence-electron chi connectivity index (χ1n) is 19.1. The van der Waals surface area contributed by atoms with E-state index in [1.54, 1.807) is 0 Å². The predicted molar refractivity (Wildman–Crippen MR) is 233 cm³/mol. The first-order chi connectivity index (χ1) is 27.7. The molecular weight excluding hydrogens is 685 g/mol. The van der Waals surface area contributed by atoms with E-state index >= 15 is 0 Å². The van der Waals surface area contributed by atoms with Crippen LogP contribution in [0.4, 0.5) is 0 Å². The summed E-state index contributed by atoms with van der Waals surface area (Å²) in [7, 11) is 0. The van der Waals surface area contributed by atoms with Crippen molar-refractivity contribution in [3.8, 4) is 22.5 Å². The van der Waals surface area contributed by atoms with Crippen molar-refractivity contribution in [3.63, 3.8) is 0 Å². The lowest BCUT2D eigenvalue weighted by molar-refractivity contribution is 0.669. The Morgan fingerprint density at radius 2 is 0.804 bits per heavy atom. The van der Waals surface area contributed by atoms with Crippen molar-refractivity contribution < 1.29 is 8.83 Å². The number of aromatic nitrogens is 2. The van der Waals surface area contributed by atoms with E-state index in [9.17, 15) is 0 Å². The predicted octanol–water partition coefficient (Wildman–Crippen LogP) is 14.5. The Morgan fingerprint density at radius 3 is 1.46 bits per heavy atom. The average Bonchev–Trinajstić information content (AvgIpc) is 3.99. The van der Waals surface area contributed by atoms with Crippen molar-refractivity contribution in [2.24, 2.45) is 0 Å². The molecule has 0 spiro atoms. The van der Waals surface area contributed by atoms with Gasteiger partial charge in [0.25, 0.3) is 0 Å². The van der Waals surface area contributed by atoms with Gasteiger partial charge in [-0.3, -0.25) is 0 Å². The number of rotatable bonds is 3. The van der Waals surface area contributed by atoms with Gasteiger partial charge in [-0.05, 0) is 94.7 Å². The van der Waals surface area contributed by atoms with E-state index in [-0.39, 0.29) is 0 Å². The minimum Gasteiger partial charge on any atom is -0.456 e. The number of nitrogens with zero attached hydrogens (tertiary/aromatic N) is 2. The molecule has 9 aromatic carbocycles. The number of fused-ring (bicyclic) bond motifs is 14. The number of hydrogen-bond acceptors (Lipinski definition) is 2. The molecule has 0 saturated carbocycles. The molecule has 4 heterocycles. The normalized spacial score (nSPS) is 12.3. The minimum absolute atomic E-state index is 0.892. The molecule has 13 rings (SSSR count). The Kier molecular flexibility index (Phi) is 5.86. The van der Waals surface area contributed by atoms with Crippen LogP contribution in [-0.4, -0.2) is 9.13 Å². The maximum absolute atomic E-state index is 6.58. The second kappa shape index (κ2) is 11.0. The molecule has 0 aliphatic heterocycles. The lowest BCUT2D eigenvalue weighted by Gasteiger charge is -2.09. The van der Waals surface area contributed by atoms with Crippen LogP contribution in [0.15, 0.2) is 191 Å². The summed E-state index contributed by atoms with van der Waals surface area (Å²) in [5.74, 6) is 0. The summed E-state index contributed by atoms with van der Waals surface area (Å²) in [6.07, 6.45) is 0. The van der Waals surface area contributed by atoms with Crippen LogP contribution in [0.25, 0.3) is 121 Å². The minimum atomic E-state index is 0.892. The molecule has 0 aliphatic carbocycles. The second-order valence-corrected chi connectivity index (χ2v) is 14.9. The maximum atomic E-state index is 6.58. The van der Waals surface area contributed by atoms with Gasteiger partial charge in [0.2, 0.25) is 0 Å². The zero-order valence-electron chi connectivity index (χ0n) is 30.0. The van der Waals surface area contributed by atoms with Gasteiger partial charge >= 0.3 is 0 Å². The molecule has 0 amide bonds. The highest BCUT2D eigenvalue weighted by Crippen LogP contribution is 2.43. The van der Waals surface area contributed by atoms with Crippen molar-refractivity contribution in [1.29, 1.82) is 0 Å². The van der Waals surface area contributed by atoms with Crippen LogP contribution < -0.4 is 0 Å². The van der Waals surface area contributed by atoms with Gasteiger partial charge in [0, 0.05) is 66.6 Å². The van der Waals surface area contributed by atoms with E-state index in [4.69, 9.17) is 8.83 Å². The van der Waals surface area contributed by atoms with Crippen molar-refractivity contribution in [3.05, 3.63) is 182 Å². The molecule has 0 radical (unpaired) electrons. The summed E-state index contributed by atoms with van der Waals surface area (Å²) >= 11 is 0. The number of para-hydroxylation sites is 3. The fourth-order valence-electron chi connectivity index (χ4n) is 9.37. The molecule has 0 atom stereocenters. The Balaban J connectivity index is 1.09. The van der Waals surface area contributed by atoms with Gasteiger partial charge in [-0.1, -0.05) is 97.1 Å². The van der Waals surface area contributed by atoms with Crippen LogP contribution in [-0.2, 0) is 0 Å². The average molecular weight is 715 g/mol. The van der Waals surface area contributed by atoms with Crippen LogP contribution in [0.3, 0.4) is 0 Å². The largest absolute Gasteiger partial charge is 0.456 e. The zero-order chi connectivity index (χ0) is 36.5. The highest BCUT2D eigenvalue weighted by Gasteiger charge is 2.20. The van der Waals surface area contributed by atoms with Gasteiger partial charge in [-0.25, -0.2) is 0 Å². The number of benzene rings is 9. The van der Waals surface area contributed by atoms with Gasteiger partial charge in [0.1, 0.15) is 22.3 Å². The molecule has 13 aromatic rings. The number of hydrogen-bond donors (Lipinski definition) is 0. The summed E-state index contributed by atoms with van der Waals surface area (Å²) < 4.78 is 17.7. The van der Waals surface area contributed by atoms with Crippen molar-refractivity contribution in [1.82, 2.24) is 9.13 Å².